The van der Waals surface area contributed by atoms with Crippen molar-refractivity contribution in [1.82, 2.24) is 14.5 Å². The Kier molecular flexibility index (Phi) is 8.22. The lowest BCUT2D eigenvalue weighted by molar-refractivity contribution is 0.0642. The van der Waals surface area contributed by atoms with Gasteiger partial charge in [-0.25, -0.2) is 0 Å². The molecular weight excluding hydrogens is 284 g/mol. The molecule has 1 aromatic rings. The van der Waals surface area contributed by atoms with Gasteiger partial charge in [0.25, 0.3) is 5.91 Å². The third-order valence-electron chi connectivity index (χ3n) is 3.03. The van der Waals surface area contributed by atoms with Crippen molar-refractivity contribution < 1.29 is 9.90 Å². The zero-order valence-electron chi connectivity index (χ0n) is 14.6. The molecule has 0 atom stereocenters. The molecule has 1 amide bonds. The number of hydrogen-bond acceptors (Lipinski definition) is 5. The van der Waals surface area contributed by atoms with Gasteiger partial charge in [-0.3, -0.25) is 9.59 Å². The van der Waals surface area contributed by atoms with E-state index in [0.717, 1.165) is 0 Å². The summed E-state index contributed by atoms with van der Waals surface area (Å²) in [7, 11) is 1.62. The quantitative estimate of drug-likeness (QED) is 0.871. The average molecular weight is 312 g/mol. The Morgan fingerprint density at radius 1 is 1.14 bits per heavy atom. The number of aromatic nitrogens is 2. The van der Waals surface area contributed by atoms with Gasteiger partial charge in [0.1, 0.15) is 0 Å². The van der Waals surface area contributed by atoms with Crippen LogP contribution in [-0.4, -0.2) is 45.1 Å². The van der Waals surface area contributed by atoms with Gasteiger partial charge in [0, 0.05) is 26.2 Å². The third kappa shape index (κ3) is 3.78. The van der Waals surface area contributed by atoms with Gasteiger partial charge in [-0.05, 0) is 13.8 Å². The summed E-state index contributed by atoms with van der Waals surface area (Å²) < 4.78 is 1.54. The van der Waals surface area contributed by atoms with Crippen molar-refractivity contribution in [3.8, 4) is 5.75 Å². The van der Waals surface area contributed by atoms with Crippen LogP contribution in [0.3, 0.4) is 0 Å². The van der Waals surface area contributed by atoms with Crippen molar-refractivity contribution in [1.29, 1.82) is 0 Å². The highest BCUT2D eigenvalue weighted by Gasteiger charge is 2.31. The van der Waals surface area contributed by atoms with E-state index in [4.69, 9.17) is 0 Å². The lowest BCUT2D eigenvalue weighted by Crippen LogP contribution is -2.46. The second kappa shape index (κ2) is 9.07. The van der Waals surface area contributed by atoms with E-state index >= 15 is 0 Å². The molecule has 2 N–H and O–H groups in total. The SMILES string of the molecule is CC.CC.CNc1nc(=O)c(O)c2n1CCN(C(C)C)C2=O. The number of carbonyl (C=O) groups is 1. The second-order valence-electron chi connectivity index (χ2n) is 4.43. The maximum absolute atomic E-state index is 12.3. The third-order valence-corrected chi connectivity index (χ3v) is 3.03. The monoisotopic (exact) mass is 312 g/mol. The van der Waals surface area contributed by atoms with Crippen LogP contribution in [0.15, 0.2) is 4.79 Å². The van der Waals surface area contributed by atoms with E-state index in [1.165, 1.54) is 4.57 Å². The van der Waals surface area contributed by atoms with Crippen molar-refractivity contribution in [2.75, 3.05) is 18.9 Å². The van der Waals surface area contributed by atoms with E-state index < -0.39 is 11.3 Å². The number of aromatic hydroxyl groups is 1. The van der Waals surface area contributed by atoms with Gasteiger partial charge in [-0.15, -0.1) is 0 Å². The molecule has 7 nitrogen and oxygen atoms in total. The number of carbonyl (C=O) groups excluding carboxylic acids is 1. The summed E-state index contributed by atoms with van der Waals surface area (Å²) >= 11 is 0. The highest BCUT2D eigenvalue weighted by atomic mass is 16.3. The summed E-state index contributed by atoms with van der Waals surface area (Å²) in [5.41, 5.74) is -0.774. The molecule has 0 fully saturated rings. The number of nitrogens with zero attached hydrogens (tertiary/aromatic N) is 3. The van der Waals surface area contributed by atoms with Crippen LogP contribution >= 0.6 is 0 Å². The maximum Gasteiger partial charge on any atom is 0.317 e. The number of fused-ring (bicyclic) bond motifs is 1. The van der Waals surface area contributed by atoms with Crippen LogP contribution in [0.1, 0.15) is 52.0 Å². The van der Waals surface area contributed by atoms with Gasteiger partial charge in [-0.1, -0.05) is 27.7 Å². The second-order valence-corrected chi connectivity index (χ2v) is 4.43. The highest BCUT2D eigenvalue weighted by molar-refractivity contribution is 5.96. The first-order valence-electron chi connectivity index (χ1n) is 7.80. The smallest absolute Gasteiger partial charge is 0.317 e. The van der Waals surface area contributed by atoms with Crippen molar-refractivity contribution in [2.45, 2.75) is 54.1 Å². The molecule has 1 aliphatic rings. The molecule has 126 valence electrons. The lowest BCUT2D eigenvalue weighted by atomic mass is 10.2. The summed E-state index contributed by atoms with van der Waals surface area (Å²) in [6.45, 7) is 12.8. The van der Waals surface area contributed by atoms with Crippen LogP contribution in [-0.2, 0) is 6.54 Å². The number of hydrogen-bond donors (Lipinski definition) is 2. The van der Waals surface area contributed by atoms with Crippen LogP contribution < -0.4 is 10.9 Å². The molecule has 0 unspecified atom stereocenters. The van der Waals surface area contributed by atoms with E-state index in [-0.39, 0.29) is 17.6 Å². The molecule has 2 rings (SSSR count). The number of rotatable bonds is 2. The minimum absolute atomic E-state index is 0.0132. The summed E-state index contributed by atoms with van der Waals surface area (Å²) in [5.74, 6) is -0.626. The largest absolute Gasteiger partial charge is 0.501 e. The highest BCUT2D eigenvalue weighted by Crippen LogP contribution is 2.22. The summed E-state index contributed by atoms with van der Waals surface area (Å²) in [6.07, 6.45) is 0. The minimum atomic E-state index is -0.787. The topological polar surface area (TPSA) is 87.5 Å². The van der Waals surface area contributed by atoms with Gasteiger partial charge >= 0.3 is 5.56 Å². The average Bonchev–Trinajstić information content (AvgIpc) is 2.54. The normalized spacial score (nSPS) is 12.7. The minimum Gasteiger partial charge on any atom is -0.501 e. The van der Waals surface area contributed by atoms with Crippen LogP contribution in [0.4, 0.5) is 5.95 Å². The summed E-state index contributed by atoms with van der Waals surface area (Å²) in [6, 6.07) is 0.0203. The Morgan fingerprint density at radius 3 is 2.14 bits per heavy atom. The Hall–Kier alpha value is -2.05. The predicted molar refractivity (Wildman–Crippen MR) is 88.6 cm³/mol. The maximum atomic E-state index is 12.3. The van der Waals surface area contributed by atoms with Crippen LogP contribution in [0.25, 0.3) is 0 Å². The van der Waals surface area contributed by atoms with E-state index in [2.05, 4.69) is 10.3 Å². The van der Waals surface area contributed by atoms with Crippen molar-refractivity contribution in [2.24, 2.45) is 0 Å². The Morgan fingerprint density at radius 2 is 1.68 bits per heavy atom. The van der Waals surface area contributed by atoms with Crippen LogP contribution in [0, 0.1) is 0 Å². The Labute approximate surface area is 132 Å². The molecule has 7 heteroatoms. The molecule has 0 radical (unpaired) electrons. The molecule has 0 saturated carbocycles. The molecule has 0 aromatic carbocycles. The number of amides is 1. The zero-order chi connectivity index (χ0) is 17.4. The first-order valence-corrected chi connectivity index (χ1v) is 7.80. The first kappa shape index (κ1) is 19.9. The molecule has 0 saturated heterocycles. The van der Waals surface area contributed by atoms with Gasteiger partial charge < -0.3 is 19.9 Å². The van der Waals surface area contributed by atoms with E-state index in [9.17, 15) is 14.7 Å². The molecule has 22 heavy (non-hydrogen) atoms. The molecule has 1 aliphatic heterocycles. The lowest BCUT2D eigenvalue weighted by Gasteiger charge is -2.33. The van der Waals surface area contributed by atoms with Crippen molar-refractivity contribution in [3.63, 3.8) is 0 Å². The van der Waals surface area contributed by atoms with Gasteiger partial charge in [0.2, 0.25) is 11.7 Å². The molecular formula is C15H28N4O3. The fourth-order valence-corrected chi connectivity index (χ4v) is 2.11. The molecule has 0 bridgehead atoms. The van der Waals surface area contributed by atoms with E-state index in [1.807, 2.05) is 41.5 Å². The Bertz CT molecular complexity index is 552. The van der Waals surface area contributed by atoms with Crippen molar-refractivity contribution in [3.05, 3.63) is 16.0 Å². The fraction of sp³-hybridized carbons (Fsp3) is 0.667. The predicted octanol–water partition coefficient (Wildman–Crippen LogP) is 1.91. The summed E-state index contributed by atoms with van der Waals surface area (Å²) in [4.78, 5) is 29.1. The Balaban J connectivity index is 0.00000102. The van der Waals surface area contributed by atoms with Crippen LogP contribution in [0.2, 0.25) is 0 Å². The van der Waals surface area contributed by atoms with Gasteiger partial charge in [0.15, 0.2) is 5.69 Å². The van der Waals surface area contributed by atoms with Gasteiger partial charge in [0.05, 0.1) is 0 Å². The number of nitrogens with one attached hydrogen (secondary N) is 1. The molecule has 0 spiro atoms. The standard InChI is InChI=1S/C11H16N4O3.2C2H6/c1-6(2)14-4-5-15-7(10(14)18)8(16)9(17)13-11(15)12-3;2*1-2/h6,16H,4-5H2,1-3H3,(H,12,13,17);2*1-2H3. The van der Waals surface area contributed by atoms with E-state index in [1.54, 1.807) is 11.9 Å². The molecule has 2 heterocycles. The van der Waals surface area contributed by atoms with E-state index in [0.29, 0.717) is 19.0 Å². The van der Waals surface area contributed by atoms with Gasteiger partial charge in [-0.2, -0.15) is 4.98 Å². The number of anilines is 1. The van der Waals surface area contributed by atoms with Crippen LogP contribution in [0.5, 0.6) is 5.75 Å². The zero-order valence-corrected chi connectivity index (χ0v) is 14.6. The fourth-order valence-electron chi connectivity index (χ4n) is 2.11. The molecule has 1 aromatic heterocycles. The molecule has 0 aliphatic carbocycles. The van der Waals surface area contributed by atoms with Crippen molar-refractivity contribution >= 4 is 11.9 Å². The summed E-state index contributed by atoms with van der Waals surface area (Å²) in [5, 5.41) is 12.5. The first-order chi connectivity index (χ1) is 10.5.